The van der Waals surface area contributed by atoms with Crippen LogP contribution in [-0.2, 0) is 10.0 Å². The average molecular weight is 342 g/mol. The minimum absolute atomic E-state index is 0.230. The minimum Gasteiger partial charge on any atom is -0.395 e. The molecule has 0 bridgehead atoms. The van der Waals surface area contributed by atoms with E-state index in [1.807, 2.05) is 0 Å². The van der Waals surface area contributed by atoms with Crippen LogP contribution in [0.3, 0.4) is 0 Å². The van der Waals surface area contributed by atoms with Gasteiger partial charge in [-0.1, -0.05) is 29.6 Å². The molecular weight excluding hydrogens is 328 g/mol. The molecule has 1 aromatic rings. The van der Waals surface area contributed by atoms with E-state index in [-0.39, 0.29) is 23.1 Å². The first-order valence-corrected chi connectivity index (χ1v) is 8.35. The predicted octanol–water partition coefficient (Wildman–Crippen LogP) is 2.67. The van der Waals surface area contributed by atoms with Gasteiger partial charge in [-0.2, -0.15) is 4.31 Å². The van der Waals surface area contributed by atoms with Crippen molar-refractivity contribution < 1.29 is 17.9 Å². The number of hydrogen-bond acceptors (Lipinski definition) is 3. The molecule has 20 heavy (non-hydrogen) atoms. The van der Waals surface area contributed by atoms with Crippen molar-refractivity contribution in [2.24, 2.45) is 0 Å². The largest absolute Gasteiger partial charge is 0.395 e. The minimum atomic E-state index is -3.95. The zero-order chi connectivity index (χ0) is 14.9. The van der Waals surface area contributed by atoms with Gasteiger partial charge in [0.2, 0.25) is 10.0 Å². The summed E-state index contributed by atoms with van der Waals surface area (Å²) in [5.74, 6) is -0.952. The van der Waals surface area contributed by atoms with Gasteiger partial charge in [0.15, 0.2) is 5.82 Å². The monoisotopic (exact) mass is 341 g/mol. The van der Waals surface area contributed by atoms with E-state index in [1.54, 1.807) is 0 Å². The maximum atomic E-state index is 13.7. The number of benzene rings is 1. The van der Waals surface area contributed by atoms with Crippen molar-refractivity contribution in [3.63, 3.8) is 0 Å². The van der Waals surface area contributed by atoms with E-state index in [4.69, 9.17) is 23.2 Å². The van der Waals surface area contributed by atoms with Gasteiger partial charge in [0, 0.05) is 12.6 Å². The Balaban J connectivity index is 2.47. The maximum absolute atomic E-state index is 13.7. The van der Waals surface area contributed by atoms with Crippen LogP contribution in [0.15, 0.2) is 17.0 Å². The van der Waals surface area contributed by atoms with Gasteiger partial charge in [-0.05, 0) is 25.0 Å². The summed E-state index contributed by atoms with van der Waals surface area (Å²) >= 11 is 11.3. The third-order valence-electron chi connectivity index (χ3n) is 3.37. The van der Waals surface area contributed by atoms with Gasteiger partial charge in [0.25, 0.3) is 0 Å². The topological polar surface area (TPSA) is 57.6 Å². The van der Waals surface area contributed by atoms with E-state index >= 15 is 0 Å². The van der Waals surface area contributed by atoms with E-state index in [0.29, 0.717) is 12.8 Å². The molecular formula is C12H14Cl2FNO3S. The highest BCUT2D eigenvalue weighted by atomic mass is 35.5. The number of nitrogens with zero attached hydrogens (tertiary/aromatic N) is 1. The zero-order valence-electron chi connectivity index (χ0n) is 10.5. The second-order valence-electron chi connectivity index (χ2n) is 4.62. The lowest BCUT2D eigenvalue weighted by molar-refractivity contribution is 0.155. The Morgan fingerprint density at radius 2 is 2.05 bits per heavy atom. The van der Waals surface area contributed by atoms with E-state index in [0.717, 1.165) is 12.5 Å². The molecule has 1 aromatic carbocycles. The third kappa shape index (κ3) is 2.80. The molecule has 1 saturated heterocycles. The number of hydrogen-bond donors (Lipinski definition) is 1. The molecule has 0 spiro atoms. The van der Waals surface area contributed by atoms with Gasteiger partial charge >= 0.3 is 0 Å². The molecule has 8 heteroatoms. The number of aliphatic hydroxyl groups excluding tert-OH is 1. The molecule has 4 nitrogen and oxygen atoms in total. The Labute approximate surface area is 127 Å². The van der Waals surface area contributed by atoms with Crippen molar-refractivity contribution in [1.82, 2.24) is 4.31 Å². The summed E-state index contributed by atoms with van der Waals surface area (Å²) in [4.78, 5) is -0.318. The second-order valence-corrected chi connectivity index (χ2v) is 7.27. The maximum Gasteiger partial charge on any atom is 0.244 e. The molecule has 1 unspecified atom stereocenters. The van der Waals surface area contributed by atoms with Gasteiger partial charge in [-0.15, -0.1) is 0 Å². The summed E-state index contributed by atoms with van der Waals surface area (Å²) < 4.78 is 40.0. The highest BCUT2D eigenvalue weighted by molar-refractivity contribution is 7.89. The van der Waals surface area contributed by atoms with Crippen LogP contribution < -0.4 is 0 Å². The van der Waals surface area contributed by atoms with E-state index in [2.05, 4.69) is 0 Å². The highest BCUT2D eigenvalue weighted by Crippen LogP contribution is 2.33. The quantitative estimate of drug-likeness (QED) is 0.860. The summed E-state index contributed by atoms with van der Waals surface area (Å²) in [7, 11) is -3.95. The molecule has 1 heterocycles. The molecule has 112 valence electrons. The van der Waals surface area contributed by atoms with Gasteiger partial charge in [0.1, 0.15) is 4.90 Å². The van der Waals surface area contributed by atoms with Gasteiger partial charge < -0.3 is 5.11 Å². The zero-order valence-corrected chi connectivity index (χ0v) is 12.8. The van der Waals surface area contributed by atoms with Gasteiger partial charge in [0.05, 0.1) is 16.7 Å². The van der Waals surface area contributed by atoms with E-state index < -0.39 is 26.9 Å². The Hall–Kier alpha value is -0.400. The molecule has 0 aromatic heterocycles. The first-order valence-electron chi connectivity index (χ1n) is 6.15. The van der Waals surface area contributed by atoms with E-state index in [1.165, 1.54) is 10.4 Å². The first kappa shape index (κ1) is 16.0. The average Bonchev–Trinajstić information content (AvgIpc) is 2.44. The van der Waals surface area contributed by atoms with Crippen LogP contribution >= 0.6 is 23.2 Å². The summed E-state index contributed by atoms with van der Waals surface area (Å²) in [5, 5.41) is 8.56. The number of aliphatic hydroxyl groups is 1. The smallest absolute Gasteiger partial charge is 0.244 e. The third-order valence-corrected chi connectivity index (χ3v) is 6.14. The molecule has 0 amide bonds. The van der Waals surface area contributed by atoms with Gasteiger partial charge in [-0.3, -0.25) is 0 Å². The van der Waals surface area contributed by atoms with Crippen LogP contribution in [0.4, 0.5) is 4.39 Å². The predicted molar refractivity (Wildman–Crippen MR) is 75.0 cm³/mol. The second kappa shape index (κ2) is 6.15. The number of rotatable bonds is 3. The molecule has 0 radical (unpaired) electrons. The van der Waals surface area contributed by atoms with Crippen LogP contribution in [0.2, 0.25) is 10.0 Å². The molecule has 0 saturated carbocycles. The molecule has 1 atom stereocenters. The van der Waals surface area contributed by atoms with Crippen molar-refractivity contribution in [2.75, 3.05) is 13.2 Å². The Bertz CT molecular complexity index is 609. The SMILES string of the molecule is O=S(=O)(c1ccc(Cl)c(F)c1Cl)N1CCCCC1CO. The fraction of sp³-hybridized carbons (Fsp3) is 0.500. The molecule has 2 rings (SSSR count). The van der Waals surface area contributed by atoms with Crippen molar-refractivity contribution in [1.29, 1.82) is 0 Å². The normalized spacial score (nSPS) is 21.1. The van der Waals surface area contributed by atoms with Crippen LogP contribution in [-0.4, -0.2) is 37.0 Å². The Morgan fingerprint density at radius 1 is 1.35 bits per heavy atom. The van der Waals surface area contributed by atoms with Crippen molar-refractivity contribution in [2.45, 2.75) is 30.2 Å². The Morgan fingerprint density at radius 3 is 2.70 bits per heavy atom. The Kier molecular flexibility index (Phi) is 4.92. The lowest BCUT2D eigenvalue weighted by atomic mass is 10.1. The number of sulfonamides is 1. The standard InChI is InChI=1S/C12H14Cl2FNO3S/c13-9-4-5-10(11(14)12(9)15)20(18,19)16-6-2-1-3-8(16)7-17/h4-5,8,17H,1-3,6-7H2. The molecule has 0 aliphatic carbocycles. The van der Waals surface area contributed by atoms with E-state index in [9.17, 15) is 17.9 Å². The van der Waals surface area contributed by atoms with Crippen LogP contribution in [0, 0.1) is 5.82 Å². The first-order chi connectivity index (χ1) is 9.39. The molecule has 1 N–H and O–H groups in total. The molecule has 1 aliphatic heterocycles. The van der Waals surface area contributed by atoms with Crippen molar-refractivity contribution in [3.8, 4) is 0 Å². The summed E-state index contributed by atoms with van der Waals surface area (Å²) in [6.07, 6.45) is 2.12. The van der Waals surface area contributed by atoms with Crippen molar-refractivity contribution in [3.05, 3.63) is 28.0 Å². The summed E-state index contributed by atoms with van der Waals surface area (Å²) in [5.41, 5.74) is 0. The molecule has 1 fully saturated rings. The highest BCUT2D eigenvalue weighted by Gasteiger charge is 2.35. The lowest BCUT2D eigenvalue weighted by Crippen LogP contribution is -2.45. The van der Waals surface area contributed by atoms with Crippen LogP contribution in [0.5, 0.6) is 0 Å². The van der Waals surface area contributed by atoms with Gasteiger partial charge in [-0.25, -0.2) is 12.8 Å². The fourth-order valence-corrected chi connectivity index (χ4v) is 4.71. The van der Waals surface area contributed by atoms with Crippen LogP contribution in [0.1, 0.15) is 19.3 Å². The van der Waals surface area contributed by atoms with Crippen molar-refractivity contribution >= 4 is 33.2 Å². The number of piperidine rings is 1. The molecule has 1 aliphatic rings. The number of halogens is 3. The fourth-order valence-electron chi connectivity index (χ4n) is 2.31. The lowest BCUT2D eigenvalue weighted by Gasteiger charge is -2.33. The van der Waals surface area contributed by atoms with Crippen LogP contribution in [0.25, 0.3) is 0 Å². The summed E-state index contributed by atoms with van der Waals surface area (Å²) in [6, 6.07) is 1.85. The summed E-state index contributed by atoms with van der Waals surface area (Å²) in [6.45, 7) is 0.0149.